The number of nitro benzene ring substituents is 1. The first-order valence-electron chi connectivity index (χ1n) is 11.7. The van der Waals surface area contributed by atoms with Gasteiger partial charge >= 0.3 is 0 Å². The Bertz CT molecular complexity index is 1370. The molecule has 0 spiro atoms. The molecule has 1 N–H and O–H groups in total. The summed E-state index contributed by atoms with van der Waals surface area (Å²) in [6.45, 7) is 6.00. The van der Waals surface area contributed by atoms with Gasteiger partial charge in [-0.15, -0.1) is 0 Å². The summed E-state index contributed by atoms with van der Waals surface area (Å²) in [7, 11) is 0. The molecule has 1 atom stereocenters. The molecule has 2 aliphatic rings. The van der Waals surface area contributed by atoms with Crippen molar-refractivity contribution in [2.24, 2.45) is 4.99 Å². The Morgan fingerprint density at radius 2 is 1.86 bits per heavy atom. The SMILES string of the molecule is CCOC([O-])=C1NN(c2ccc([N+](=O)[O-])cc2)[C@@]2(C)CC(c3ccccc3)=Nc3cc(C)ccc3N12. The molecule has 9 nitrogen and oxygen atoms in total. The van der Waals surface area contributed by atoms with Gasteiger partial charge in [0.2, 0.25) is 0 Å². The number of nitrogens with one attached hydrogen (secondary N) is 1. The molecule has 0 bridgehead atoms. The van der Waals surface area contributed by atoms with Crippen LogP contribution in [0.25, 0.3) is 0 Å². The van der Waals surface area contributed by atoms with Crippen LogP contribution in [0.2, 0.25) is 0 Å². The fraction of sp³-hybridized carbons (Fsp3) is 0.222. The second-order valence-corrected chi connectivity index (χ2v) is 8.94. The molecule has 2 heterocycles. The van der Waals surface area contributed by atoms with E-state index in [-0.39, 0.29) is 18.1 Å². The van der Waals surface area contributed by atoms with Crippen molar-refractivity contribution < 1.29 is 14.8 Å². The second kappa shape index (κ2) is 8.92. The van der Waals surface area contributed by atoms with Crippen molar-refractivity contribution in [1.82, 2.24) is 5.43 Å². The van der Waals surface area contributed by atoms with Crippen molar-refractivity contribution in [1.29, 1.82) is 0 Å². The van der Waals surface area contributed by atoms with E-state index in [0.29, 0.717) is 12.1 Å². The number of non-ortho nitro benzene ring substituents is 1. The van der Waals surface area contributed by atoms with Gasteiger partial charge in [0.25, 0.3) is 5.69 Å². The fourth-order valence-corrected chi connectivity index (χ4v) is 4.77. The highest BCUT2D eigenvalue weighted by Crippen LogP contribution is 2.47. The highest BCUT2D eigenvalue weighted by atomic mass is 16.6. The number of rotatable bonds is 5. The minimum absolute atomic E-state index is 0.0113. The zero-order valence-corrected chi connectivity index (χ0v) is 20.3. The number of aliphatic imine (C=N–C) groups is 1. The smallest absolute Gasteiger partial charge is 0.269 e. The van der Waals surface area contributed by atoms with E-state index in [1.54, 1.807) is 19.1 Å². The van der Waals surface area contributed by atoms with E-state index in [1.807, 2.05) is 72.3 Å². The van der Waals surface area contributed by atoms with Gasteiger partial charge in [0.15, 0.2) is 0 Å². The van der Waals surface area contributed by atoms with Crippen LogP contribution in [0, 0.1) is 17.0 Å². The molecular weight excluding hydrogens is 458 g/mol. The van der Waals surface area contributed by atoms with E-state index in [4.69, 9.17) is 9.73 Å². The summed E-state index contributed by atoms with van der Waals surface area (Å²) in [5, 5.41) is 26.3. The van der Waals surface area contributed by atoms with Crippen molar-refractivity contribution in [2.75, 3.05) is 16.5 Å². The van der Waals surface area contributed by atoms with Crippen LogP contribution in [-0.4, -0.2) is 22.9 Å². The average molecular weight is 485 g/mol. The van der Waals surface area contributed by atoms with Crippen molar-refractivity contribution >= 4 is 28.5 Å². The van der Waals surface area contributed by atoms with Gasteiger partial charge in [-0.25, -0.2) is 0 Å². The third-order valence-electron chi connectivity index (χ3n) is 6.43. The van der Waals surface area contributed by atoms with Crippen LogP contribution in [0.1, 0.15) is 31.4 Å². The summed E-state index contributed by atoms with van der Waals surface area (Å²) in [4.78, 5) is 17.8. The molecule has 0 saturated carbocycles. The molecule has 3 aromatic carbocycles. The number of hydrazine groups is 1. The van der Waals surface area contributed by atoms with Crippen molar-refractivity contribution in [3.8, 4) is 0 Å². The van der Waals surface area contributed by atoms with E-state index in [9.17, 15) is 15.2 Å². The zero-order valence-electron chi connectivity index (χ0n) is 20.3. The van der Waals surface area contributed by atoms with Crippen LogP contribution in [0.3, 0.4) is 0 Å². The maximum atomic E-state index is 13.2. The summed E-state index contributed by atoms with van der Waals surface area (Å²) in [6.07, 6.45) is 0.442. The van der Waals surface area contributed by atoms with Crippen LogP contribution in [0.5, 0.6) is 0 Å². The van der Waals surface area contributed by atoms with Gasteiger partial charge in [-0.1, -0.05) is 43.3 Å². The van der Waals surface area contributed by atoms with Gasteiger partial charge in [0.1, 0.15) is 11.5 Å². The number of aryl methyl sites for hydroxylation is 1. The highest BCUT2D eigenvalue weighted by molar-refractivity contribution is 6.05. The number of fused-ring (bicyclic) bond motifs is 3. The zero-order chi connectivity index (χ0) is 25.4. The quantitative estimate of drug-likeness (QED) is 0.323. The Hall–Kier alpha value is -4.53. The van der Waals surface area contributed by atoms with Gasteiger partial charge in [-0.05, 0) is 55.8 Å². The van der Waals surface area contributed by atoms with E-state index in [2.05, 4.69) is 5.43 Å². The predicted molar refractivity (Wildman–Crippen MR) is 137 cm³/mol. The standard InChI is InChI=1S/C27H27N5O4/c1-4-36-26(33)25-29-31(20-11-13-21(14-12-20)32(34)35)27(3)17-23(19-8-6-5-7-9-19)28-22-16-18(2)10-15-24(22)30(25)27/h5-16,29,33H,4,17H2,1-3H3/p-1/t27-/m0/s1. The maximum absolute atomic E-state index is 13.2. The number of hydrogen-bond donors (Lipinski definition) is 1. The molecule has 0 aromatic heterocycles. The lowest BCUT2D eigenvalue weighted by Gasteiger charge is -2.40. The summed E-state index contributed by atoms with van der Waals surface area (Å²) >= 11 is 0. The first kappa shape index (κ1) is 23.2. The van der Waals surface area contributed by atoms with E-state index in [1.165, 1.54) is 12.1 Å². The number of nitrogens with zero attached hydrogens (tertiary/aromatic N) is 4. The molecule has 0 amide bonds. The Labute approximate surface area is 209 Å². The van der Waals surface area contributed by atoms with Crippen LogP contribution < -0.4 is 20.4 Å². The van der Waals surface area contributed by atoms with Gasteiger partial charge in [-0.3, -0.25) is 30.4 Å². The van der Waals surface area contributed by atoms with E-state index < -0.39 is 16.5 Å². The normalized spacial score (nSPS) is 20.0. The monoisotopic (exact) mass is 484 g/mol. The number of hydrogen-bond acceptors (Lipinski definition) is 8. The lowest BCUT2D eigenvalue weighted by Crippen LogP contribution is -2.54. The highest BCUT2D eigenvalue weighted by Gasteiger charge is 2.50. The van der Waals surface area contributed by atoms with Gasteiger partial charge in [0.05, 0.1) is 33.6 Å². The Kier molecular flexibility index (Phi) is 5.75. The molecule has 1 fully saturated rings. The fourth-order valence-electron chi connectivity index (χ4n) is 4.77. The molecule has 5 rings (SSSR count). The molecule has 0 unspecified atom stereocenters. The topological polar surface area (TPSA) is 106 Å². The maximum Gasteiger partial charge on any atom is 0.269 e. The summed E-state index contributed by atoms with van der Waals surface area (Å²) < 4.78 is 5.41. The van der Waals surface area contributed by atoms with Gasteiger partial charge < -0.3 is 9.84 Å². The average Bonchev–Trinajstić information content (AvgIpc) is 3.10. The minimum atomic E-state index is -0.840. The van der Waals surface area contributed by atoms with Crippen LogP contribution in [0.15, 0.2) is 89.6 Å². The lowest BCUT2D eigenvalue weighted by molar-refractivity contribution is -0.384. The van der Waals surface area contributed by atoms with Crippen molar-refractivity contribution in [3.63, 3.8) is 0 Å². The molecule has 1 saturated heterocycles. The molecule has 3 aromatic rings. The number of nitro groups is 1. The molecule has 184 valence electrons. The molecular formula is C27H26N5O4-. The summed E-state index contributed by atoms with van der Waals surface area (Å²) in [5.41, 5.74) is 7.44. The van der Waals surface area contributed by atoms with Crippen molar-refractivity contribution in [2.45, 2.75) is 32.9 Å². The Morgan fingerprint density at radius 1 is 1.14 bits per heavy atom. The van der Waals surface area contributed by atoms with Crippen LogP contribution >= 0.6 is 0 Å². The molecule has 0 aliphatic carbocycles. The lowest BCUT2D eigenvalue weighted by atomic mass is 9.97. The third kappa shape index (κ3) is 3.88. The summed E-state index contributed by atoms with van der Waals surface area (Å²) in [5.74, 6) is -0.241. The predicted octanol–water partition coefficient (Wildman–Crippen LogP) is 4.50. The number of benzene rings is 3. The van der Waals surface area contributed by atoms with Crippen molar-refractivity contribution in [3.05, 3.63) is 106 Å². The second-order valence-electron chi connectivity index (χ2n) is 8.94. The van der Waals surface area contributed by atoms with E-state index in [0.717, 1.165) is 28.2 Å². The van der Waals surface area contributed by atoms with Gasteiger partial charge in [-0.2, -0.15) is 0 Å². The van der Waals surface area contributed by atoms with E-state index >= 15 is 0 Å². The molecule has 0 radical (unpaired) electrons. The Balaban J connectivity index is 1.73. The number of ether oxygens (including phenoxy) is 1. The third-order valence-corrected chi connectivity index (χ3v) is 6.43. The first-order chi connectivity index (χ1) is 17.3. The summed E-state index contributed by atoms with van der Waals surface area (Å²) in [6, 6.07) is 22.1. The largest absolute Gasteiger partial charge is 0.611 e. The molecule has 9 heteroatoms. The molecule has 36 heavy (non-hydrogen) atoms. The van der Waals surface area contributed by atoms with Crippen LogP contribution in [-0.2, 0) is 4.74 Å². The van der Waals surface area contributed by atoms with Gasteiger partial charge in [0, 0.05) is 18.6 Å². The minimum Gasteiger partial charge on any atom is -0.611 e. The molecule has 2 aliphatic heterocycles. The number of anilines is 2. The van der Waals surface area contributed by atoms with Crippen LogP contribution in [0.4, 0.5) is 22.7 Å². The Morgan fingerprint density at radius 3 is 2.53 bits per heavy atom. The first-order valence-corrected chi connectivity index (χ1v) is 11.7.